The summed E-state index contributed by atoms with van der Waals surface area (Å²) in [5.74, 6) is -0.763. The molecule has 0 aliphatic heterocycles. The predicted octanol–water partition coefficient (Wildman–Crippen LogP) is 0.842. The molecular formula is C11H14N2O6S. The van der Waals surface area contributed by atoms with Crippen LogP contribution in [0.15, 0.2) is 18.2 Å². The van der Waals surface area contributed by atoms with Gasteiger partial charge in [0.2, 0.25) is 10.0 Å². The van der Waals surface area contributed by atoms with Crippen molar-refractivity contribution in [2.75, 3.05) is 24.2 Å². The van der Waals surface area contributed by atoms with Crippen molar-refractivity contribution in [2.45, 2.75) is 6.92 Å². The molecule has 0 unspecified atom stereocenters. The molecule has 0 saturated carbocycles. The molecule has 0 aliphatic rings. The van der Waals surface area contributed by atoms with Gasteiger partial charge in [0.15, 0.2) is 0 Å². The Kier molecular flexibility index (Phi) is 4.66. The van der Waals surface area contributed by atoms with Crippen molar-refractivity contribution in [1.29, 1.82) is 0 Å². The third-order valence-corrected chi connectivity index (χ3v) is 3.70. The lowest BCUT2D eigenvalue weighted by molar-refractivity contribution is -0.384. The molecule has 0 bridgehead atoms. The minimum atomic E-state index is -3.78. The zero-order valence-electron chi connectivity index (χ0n) is 11.2. The number of non-ortho nitro benzene ring substituents is 1. The number of aryl methyl sites for hydroxylation is 1. The summed E-state index contributed by atoms with van der Waals surface area (Å²) < 4.78 is 28.7. The summed E-state index contributed by atoms with van der Waals surface area (Å²) >= 11 is 0. The van der Waals surface area contributed by atoms with E-state index in [4.69, 9.17) is 0 Å². The zero-order valence-corrected chi connectivity index (χ0v) is 12.0. The third kappa shape index (κ3) is 3.67. The molecule has 0 saturated heterocycles. The fourth-order valence-electron chi connectivity index (χ4n) is 1.54. The lowest BCUT2D eigenvalue weighted by atomic mass is 10.2. The number of nitro benzene ring substituents is 1. The summed E-state index contributed by atoms with van der Waals surface area (Å²) in [5, 5.41) is 10.8. The second-order valence-electron chi connectivity index (χ2n) is 4.07. The van der Waals surface area contributed by atoms with E-state index >= 15 is 0 Å². The van der Waals surface area contributed by atoms with Gasteiger partial charge < -0.3 is 4.74 Å². The summed E-state index contributed by atoms with van der Waals surface area (Å²) in [6.07, 6.45) is 0.911. The van der Waals surface area contributed by atoms with Crippen LogP contribution in [0.25, 0.3) is 0 Å². The van der Waals surface area contributed by atoms with Gasteiger partial charge in [0.05, 0.1) is 24.0 Å². The van der Waals surface area contributed by atoms with Gasteiger partial charge in [0, 0.05) is 12.1 Å². The van der Waals surface area contributed by atoms with Gasteiger partial charge in [-0.1, -0.05) is 6.07 Å². The van der Waals surface area contributed by atoms with Crippen molar-refractivity contribution in [2.24, 2.45) is 0 Å². The highest BCUT2D eigenvalue weighted by Crippen LogP contribution is 2.27. The van der Waals surface area contributed by atoms with E-state index in [0.29, 0.717) is 5.56 Å². The number of rotatable bonds is 5. The van der Waals surface area contributed by atoms with Gasteiger partial charge in [-0.05, 0) is 12.5 Å². The van der Waals surface area contributed by atoms with Gasteiger partial charge in [-0.2, -0.15) is 0 Å². The molecule has 0 aliphatic carbocycles. The van der Waals surface area contributed by atoms with Gasteiger partial charge in [-0.15, -0.1) is 0 Å². The Morgan fingerprint density at radius 1 is 1.45 bits per heavy atom. The monoisotopic (exact) mass is 302 g/mol. The van der Waals surface area contributed by atoms with Crippen LogP contribution in [0.4, 0.5) is 11.4 Å². The number of carbonyl (C=O) groups is 1. The van der Waals surface area contributed by atoms with Crippen molar-refractivity contribution in [1.82, 2.24) is 0 Å². The van der Waals surface area contributed by atoms with Crippen LogP contribution in [0.3, 0.4) is 0 Å². The van der Waals surface area contributed by atoms with E-state index < -0.39 is 27.5 Å². The van der Waals surface area contributed by atoms with Crippen molar-refractivity contribution in [3.8, 4) is 0 Å². The fourth-order valence-corrected chi connectivity index (χ4v) is 2.44. The quantitative estimate of drug-likeness (QED) is 0.453. The maximum absolute atomic E-state index is 11.8. The smallest absolute Gasteiger partial charge is 0.326 e. The first-order chi connectivity index (χ1) is 9.16. The number of benzene rings is 1. The first-order valence-corrected chi connectivity index (χ1v) is 7.31. The maximum Gasteiger partial charge on any atom is 0.326 e. The Hall–Kier alpha value is -2.16. The largest absolute Gasteiger partial charge is 0.468 e. The SMILES string of the molecule is COC(=O)CN(c1cc([N+](=O)[O-])ccc1C)S(C)(=O)=O. The van der Waals surface area contributed by atoms with Crippen molar-refractivity contribution in [3.05, 3.63) is 33.9 Å². The van der Waals surface area contributed by atoms with E-state index in [1.807, 2.05) is 0 Å². The van der Waals surface area contributed by atoms with E-state index in [0.717, 1.165) is 23.7 Å². The first-order valence-electron chi connectivity index (χ1n) is 5.46. The second kappa shape index (κ2) is 5.87. The molecule has 1 aromatic rings. The molecule has 0 heterocycles. The number of sulfonamides is 1. The Morgan fingerprint density at radius 2 is 2.05 bits per heavy atom. The Balaban J connectivity index is 3.37. The molecule has 0 N–H and O–H groups in total. The number of nitro groups is 1. The number of anilines is 1. The number of esters is 1. The van der Waals surface area contributed by atoms with Crippen LogP contribution in [0, 0.1) is 17.0 Å². The van der Waals surface area contributed by atoms with E-state index in [2.05, 4.69) is 4.74 Å². The summed E-state index contributed by atoms with van der Waals surface area (Å²) in [7, 11) is -2.65. The van der Waals surface area contributed by atoms with Crippen LogP contribution in [0.5, 0.6) is 0 Å². The molecule has 0 amide bonds. The third-order valence-electron chi connectivity index (χ3n) is 2.57. The Labute approximate surface area is 116 Å². The lowest BCUT2D eigenvalue weighted by Gasteiger charge is -2.22. The molecule has 9 heteroatoms. The van der Waals surface area contributed by atoms with Gasteiger partial charge >= 0.3 is 5.97 Å². The van der Waals surface area contributed by atoms with E-state index in [9.17, 15) is 23.3 Å². The van der Waals surface area contributed by atoms with Gasteiger partial charge in [-0.25, -0.2) is 8.42 Å². The van der Waals surface area contributed by atoms with Crippen LogP contribution in [0.1, 0.15) is 5.56 Å². The molecule has 0 fully saturated rings. The highest BCUT2D eigenvalue weighted by atomic mass is 32.2. The zero-order chi connectivity index (χ0) is 15.5. The Morgan fingerprint density at radius 3 is 2.50 bits per heavy atom. The summed E-state index contributed by atoms with van der Waals surface area (Å²) in [6, 6.07) is 3.79. The highest BCUT2D eigenvalue weighted by Gasteiger charge is 2.24. The fraction of sp³-hybridized carbons (Fsp3) is 0.364. The van der Waals surface area contributed by atoms with Gasteiger partial charge in [0.25, 0.3) is 5.69 Å². The van der Waals surface area contributed by atoms with E-state index in [-0.39, 0.29) is 11.4 Å². The van der Waals surface area contributed by atoms with Gasteiger partial charge in [-0.3, -0.25) is 19.2 Å². The summed E-state index contributed by atoms with van der Waals surface area (Å²) in [5.41, 5.74) is 0.307. The minimum Gasteiger partial charge on any atom is -0.468 e. The van der Waals surface area contributed by atoms with Crippen LogP contribution >= 0.6 is 0 Å². The van der Waals surface area contributed by atoms with Crippen molar-refractivity contribution in [3.63, 3.8) is 0 Å². The minimum absolute atomic E-state index is 0.0760. The second-order valence-corrected chi connectivity index (χ2v) is 5.98. The van der Waals surface area contributed by atoms with Crippen LogP contribution in [0.2, 0.25) is 0 Å². The lowest BCUT2D eigenvalue weighted by Crippen LogP contribution is -2.36. The van der Waals surface area contributed by atoms with Crippen molar-refractivity contribution < 1.29 is 22.9 Å². The number of hydrogen-bond acceptors (Lipinski definition) is 6. The summed E-state index contributed by atoms with van der Waals surface area (Å²) in [4.78, 5) is 21.4. The average Bonchev–Trinajstić information content (AvgIpc) is 2.35. The van der Waals surface area contributed by atoms with Gasteiger partial charge in [0.1, 0.15) is 6.54 Å². The summed E-state index contributed by atoms with van der Waals surface area (Å²) in [6.45, 7) is 1.05. The molecule has 8 nitrogen and oxygen atoms in total. The average molecular weight is 302 g/mol. The molecule has 110 valence electrons. The molecule has 1 aromatic carbocycles. The number of nitrogens with zero attached hydrogens (tertiary/aromatic N) is 2. The Bertz CT molecular complexity index is 640. The predicted molar refractivity (Wildman–Crippen MR) is 72.0 cm³/mol. The van der Waals surface area contributed by atoms with E-state index in [1.54, 1.807) is 6.92 Å². The number of hydrogen-bond donors (Lipinski definition) is 0. The molecule has 1 rings (SSSR count). The van der Waals surface area contributed by atoms with Crippen LogP contribution < -0.4 is 4.31 Å². The number of carbonyl (C=O) groups excluding carboxylic acids is 1. The van der Waals surface area contributed by atoms with Crippen molar-refractivity contribution >= 4 is 27.4 Å². The maximum atomic E-state index is 11.8. The number of methoxy groups -OCH3 is 1. The van der Waals surface area contributed by atoms with E-state index in [1.165, 1.54) is 12.1 Å². The first kappa shape index (κ1) is 15.9. The number of ether oxygens (including phenoxy) is 1. The standard InChI is InChI=1S/C11H14N2O6S/c1-8-4-5-9(13(15)16)6-10(8)12(20(3,17)18)7-11(14)19-2/h4-6H,7H2,1-3H3. The highest BCUT2D eigenvalue weighted by molar-refractivity contribution is 7.92. The van der Waals surface area contributed by atoms with Crippen LogP contribution in [-0.4, -0.2) is 39.2 Å². The molecule has 0 atom stereocenters. The molecular weight excluding hydrogens is 288 g/mol. The molecule has 0 spiro atoms. The molecule has 0 aromatic heterocycles. The van der Waals surface area contributed by atoms with Crippen LogP contribution in [-0.2, 0) is 19.6 Å². The molecule has 20 heavy (non-hydrogen) atoms. The molecule has 0 radical (unpaired) electrons. The topological polar surface area (TPSA) is 107 Å². The normalized spacial score (nSPS) is 10.9.